The number of hydrogen-bond donors (Lipinski definition) is 2. The number of benzene rings is 2. The third kappa shape index (κ3) is 3.01. The van der Waals surface area contributed by atoms with Crippen molar-refractivity contribution in [3.63, 3.8) is 0 Å². The lowest BCUT2D eigenvalue weighted by atomic mass is 9.88. The molecule has 1 unspecified atom stereocenters. The molecule has 2 aliphatic heterocycles. The van der Waals surface area contributed by atoms with Crippen LogP contribution in [0, 0.1) is 0 Å². The number of para-hydroxylation sites is 1. The second-order valence-electron chi connectivity index (χ2n) is 7.89. The van der Waals surface area contributed by atoms with Crippen molar-refractivity contribution in [3.05, 3.63) is 65.9 Å². The number of likely N-dealkylation sites (tertiary alicyclic amines) is 1. The molecule has 0 radical (unpaired) electrons. The summed E-state index contributed by atoms with van der Waals surface area (Å²) in [5, 5.41) is 4.90. The smallest absolute Gasteiger partial charge is 0.0454 e. The van der Waals surface area contributed by atoms with E-state index >= 15 is 0 Å². The van der Waals surface area contributed by atoms with Crippen LogP contribution in [0.1, 0.15) is 42.2 Å². The lowest BCUT2D eigenvalue weighted by molar-refractivity contribution is 0.206. The topological polar surface area (TPSA) is 31.1 Å². The van der Waals surface area contributed by atoms with Gasteiger partial charge in [0.05, 0.1) is 0 Å². The molecule has 134 valence electrons. The fourth-order valence-electron chi connectivity index (χ4n) is 4.77. The summed E-state index contributed by atoms with van der Waals surface area (Å²) in [4.78, 5) is 5.97. The summed E-state index contributed by atoms with van der Waals surface area (Å²) < 4.78 is 0. The number of fused-ring (bicyclic) bond motifs is 2. The van der Waals surface area contributed by atoms with Gasteiger partial charge in [0.25, 0.3) is 0 Å². The molecule has 0 aliphatic carbocycles. The highest BCUT2D eigenvalue weighted by molar-refractivity contribution is 5.80. The average molecular weight is 345 g/mol. The SMILES string of the molecule is c1ccc2c(c1)NCC2CCN1CCC(c2ccc3[nH]ccc3c2)CC1. The van der Waals surface area contributed by atoms with Crippen LogP contribution >= 0.6 is 0 Å². The molecule has 1 atom stereocenters. The first-order valence-electron chi connectivity index (χ1n) is 9.99. The fourth-order valence-corrected chi connectivity index (χ4v) is 4.77. The van der Waals surface area contributed by atoms with Crippen molar-refractivity contribution in [1.29, 1.82) is 0 Å². The highest BCUT2D eigenvalue weighted by Crippen LogP contribution is 2.34. The van der Waals surface area contributed by atoms with E-state index < -0.39 is 0 Å². The third-order valence-electron chi connectivity index (χ3n) is 6.37. The Labute approximate surface area is 155 Å². The van der Waals surface area contributed by atoms with Gasteiger partial charge in [0.15, 0.2) is 0 Å². The van der Waals surface area contributed by atoms with E-state index in [4.69, 9.17) is 0 Å². The molecule has 1 aromatic heterocycles. The molecule has 3 aromatic rings. The maximum atomic E-state index is 3.56. The molecule has 3 nitrogen and oxygen atoms in total. The Hall–Kier alpha value is -2.26. The Balaban J connectivity index is 1.16. The molecule has 0 spiro atoms. The van der Waals surface area contributed by atoms with Gasteiger partial charge in [0.1, 0.15) is 0 Å². The van der Waals surface area contributed by atoms with Crippen LogP contribution in [-0.2, 0) is 0 Å². The number of anilines is 1. The maximum absolute atomic E-state index is 3.56. The summed E-state index contributed by atoms with van der Waals surface area (Å²) in [5.74, 6) is 1.40. The van der Waals surface area contributed by atoms with Crippen molar-refractivity contribution in [2.24, 2.45) is 0 Å². The van der Waals surface area contributed by atoms with Gasteiger partial charge in [-0.05, 0) is 85.6 Å². The summed E-state index contributed by atoms with van der Waals surface area (Å²) in [7, 11) is 0. The van der Waals surface area contributed by atoms with Crippen molar-refractivity contribution in [2.45, 2.75) is 31.1 Å². The molecular formula is C23H27N3. The fraction of sp³-hybridized carbons (Fsp3) is 0.391. The van der Waals surface area contributed by atoms with Gasteiger partial charge >= 0.3 is 0 Å². The van der Waals surface area contributed by atoms with Crippen LogP contribution in [0.4, 0.5) is 5.69 Å². The molecule has 2 aromatic carbocycles. The molecule has 3 heterocycles. The number of aromatic nitrogens is 1. The Morgan fingerprint density at radius 1 is 1.00 bits per heavy atom. The van der Waals surface area contributed by atoms with Crippen molar-refractivity contribution in [2.75, 3.05) is 31.5 Å². The second-order valence-corrected chi connectivity index (χ2v) is 7.89. The van der Waals surface area contributed by atoms with Crippen LogP contribution in [0.25, 0.3) is 10.9 Å². The molecule has 5 rings (SSSR count). The summed E-state index contributed by atoms with van der Waals surface area (Å²) >= 11 is 0. The van der Waals surface area contributed by atoms with Crippen molar-refractivity contribution < 1.29 is 0 Å². The molecule has 0 amide bonds. The van der Waals surface area contributed by atoms with Crippen LogP contribution in [0.5, 0.6) is 0 Å². The monoisotopic (exact) mass is 345 g/mol. The minimum absolute atomic E-state index is 0.680. The van der Waals surface area contributed by atoms with Crippen LogP contribution in [0.15, 0.2) is 54.7 Å². The highest BCUT2D eigenvalue weighted by atomic mass is 15.1. The normalized spacial score (nSPS) is 21.0. The van der Waals surface area contributed by atoms with Gasteiger partial charge in [-0.2, -0.15) is 0 Å². The first-order valence-corrected chi connectivity index (χ1v) is 9.99. The molecule has 1 saturated heterocycles. The number of aromatic amines is 1. The highest BCUT2D eigenvalue weighted by Gasteiger charge is 2.24. The molecule has 1 fully saturated rings. The predicted octanol–water partition coefficient (Wildman–Crippen LogP) is 4.95. The minimum atomic E-state index is 0.680. The van der Waals surface area contributed by atoms with Gasteiger partial charge in [0.2, 0.25) is 0 Å². The quantitative estimate of drug-likeness (QED) is 0.701. The zero-order chi connectivity index (χ0) is 17.3. The molecular weight excluding hydrogens is 318 g/mol. The summed E-state index contributed by atoms with van der Waals surface area (Å²) in [6.07, 6.45) is 5.88. The van der Waals surface area contributed by atoms with E-state index in [9.17, 15) is 0 Å². The Kier molecular flexibility index (Phi) is 4.18. The van der Waals surface area contributed by atoms with Gasteiger partial charge in [-0.3, -0.25) is 0 Å². The number of piperidine rings is 1. The van der Waals surface area contributed by atoms with Crippen LogP contribution < -0.4 is 5.32 Å². The van der Waals surface area contributed by atoms with Crippen LogP contribution in [0.2, 0.25) is 0 Å². The molecule has 2 aliphatic rings. The van der Waals surface area contributed by atoms with Crippen molar-refractivity contribution in [3.8, 4) is 0 Å². The van der Waals surface area contributed by atoms with E-state index in [1.807, 2.05) is 6.20 Å². The van der Waals surface area contributed by atoms with Crippen LogP contribution in [-0.4, -0.2) is 36.1 Å². The maximum Gasteiger partial charge on any atom is 0.0454 e. The van der Waals surface area contributed by atoms with Crippen molar-refractivity contribution in [1.82, 2.24) is 9.88 Å². The summed E-state index contributed by atoms with van der Waals surface area (Å²) in [5.41, 5.74) is 5.63. The van der Waals surface area contributed by atoms with E-state index in [1.54, 1.807) is 0 Å². The first kappa shape index (κ1) is 16.0. The largest absolute Gasteiger partial charge is 0.384 e. The molecule has 26 heavy (non-hydrogen) atoms. The zero-order valence-corrected chi connectivity index (χ0v) is 15.2. The predicted molar refractivity (Wildman–Crippen MR) is 109 cm³/mol. The lowest BCUT2D eigenvalue weighted by Gasteiger charge is -2.32. The Morgan fingerprint density at radius 2 is 1.88 bits per heavy atom. The van der Waals surface area contributed by atoms with Gasteiger partial charge in [-0.1, -0.05) is 24.3 Å². The number of nitrogens with zero attached hydrogens (tertiary/aromatic N) is 1. The molecule has 2 N–H and O–H groups in total. The zero-order valence-electron chi connectivity index (χ0n) is 15.2. The van der Waals surface area contributed by atoms with E-state index in [0.717, 1.165) is 12.5 Å². The molecule has 3 heteroatoms. The van der Waals surface area contributed by atoms with Gasteiger partial charge in [-0.25, -0.2) is 0 Å². The van der Waals surface area contributed by atoms with E-state index in [1.165, 1.54) is 66.6 Å². The molecule has 0 bridgehead atoms. The second kappa shape index (κ2) is 6.81. The third-order valence-corrected chi connectivity index (χ3v) is 6.37. The van der Waals surface area contributed by atoms with E-state index in [0.29, 0.717) is 5.92 Å². The number of hydrogen-bond acceptors (Lipinski definition) is 2. The summed E-state index contributed by atoms with van der Waals surface area (Å²) in [6, 6.07) is 17.9. The number of H-pyrrole nitrogens is 1. The van der Waals surface area contributed by atoms with Gasteiger partial charge in [0, 0.05) is 29.9 Å². The number of nitrogens with one attached hydrogen (secondary N) is 2. The van der Waals surface area contributed by atoms with Gasteiger partial charge < -0.3 is 15.2 Å². The Bertz CT molecular complexity index is 889. The standard InChI is InChI=1S/C23H27N3/c1-2-4-23-21(3-1)20(16-25-23)10-14-26-12-8-17(9-13-26)18-5-6-22-19(15-18)7-11-24-22/h1-7,11,15,17,20,24-25H,8-10,12-14,16H2. The van der Waals surface area contributed by atoms with E-state index in [2.05, 4.69) is 63.7 Å². The molecule has 0 saturated carbocycles. The van der Waals surface area contributed by atoms with Crippen LogP contribution in [0.3, 0.4) is 0 Å². The first-order chi connectivity index (χ1) is 12.9. The van der Waals surface area contributed by atoms with Crippen molar-refractivity contribution >= 4 is 16.6 Å². The summed E-state index contributed by atoms with van der Waals surface area (Å²) in [6.45, 7) is 4.80. The van der Waals surface area contributed by atoms with E-state index in [-0.39, 0.29) is 0 Å². The minimum Gasteiger partial charge on any atom is -0.384 e. The number of rotatable bonds is 4. The average Bonchev–Trinajstić information content (AvgIpc) is 3.33. The van der Waals surface area contributed by atoms with Gasteiger partial charge in [-0.15, -0.1) is 0 Å². The lowest BCUT2D eigenvalue weighted by Crippen LogP contribution is -2.34. The Morgan fingerprint density at radius 3 is 2.81 bits per heavy atom.